The Labute approximate surface area is 120 Å². The second kappa shape index (κ2) is 8.93. The van der Waals surface area contributed by atoms with Gasteiger partial charge in [-0.05, 0) is 44.6 Å². The van der Waals surface area contributed by atoms with Crippen LogP contribution in [0.25, 0.3) is 0 Å². The van der Waals surface area contributed by atoms with Crippen LogP contribution in [0.5, 0.6) is 0 Å². The molecular formula is C16H34N2O. The lowest BCUT2D eigenvalue weighted by Crippen LogP contribution is -2.46. The molecule has 3 nitrogen and oxygen atoms in total. The van der Waals surface area contributed by atoms with Gasteiger partial charge in [0.05, 0.1) is 6.10 Å². The minimum atomic E-state index is 0.410. The van der Waals surface area contributed by atoms with Crippen LogP contribution in [0, 0.1) is 5.41 Å². The second-order valence-corrected chi connectivity index (χ2v) is 6.27. The molecule has 1 saturated heterocycles. The van der Waals surface area contributed by atoms with Crippen LogP contribution in [-0.4, -0.2) is 50.3 Å². The molecule has 0 saturated carbocycles. The van der Waals surface area contributed by atoms with E-state index in [9.17, 15) is 0 Å². The highest BCUT2D eigenvalue weighted by Gasteiger charge is 2.27. The fourth-order valence-corrected chi connectivity index (χ4v) is 2.87. The largest absolute Gasteiger partial charge is 0.378 e. The van der Waals surface area contributed by atoms with Gasteiger partial charge in [-0.2, -0.15) is 0 Å². The molecule has 0 bridgehead atoms. The molecule has 3 heteroatoms. The standard InChI is InChI=1S/C16H34N2O/c1-5-10-17-13-16(4,6-2)14-18-11-8-15(9-12-18)19-7-3/h15,17H,5-14H2,1-4H3. The summed E-state index contributed by atoms with van der Waals surface area (Å²) in [6.07, 6.45) is 5.38. The Kier molecular flexibility index (Phi) is 7.96. The first-order valence-electron chi connectivity index (χ1n) is 8.18. The van der Waals surface area contributed by atoms with Gasteiger partial charge in [-0.25, -0.2) is 0 Å². The topological polar surface area (TPSA) is 24.5 Å². The second-order valence-electron chi connectivity index (χ2n) is 6.27. The molecule has 0 amide bonds. The lowest BCUT2D eigenvalue weighted by atomic mass is 9.86. The molecule has 0 spiro atoms. The summed E-state index contributed by atoms with van der Waals surface area (Å²) in [5.74, 6) is 0. The lowest BCUT2D eigenvalue weighted by molar-refractivity contribution is 0.00491. The molecule has 114 valence electrons. The SMILES string of the molecule is CCCNCC(C)(CC)CN1CCC(OCC)CC1. The molecular weight excluding hydrogens is 236 g/mol. The number of hydrogen-bond donors (Lipinski definition) is 1. The quantitative estimate of drug-likeness (QED) is 0.652. The molecule has 1 N–H and O–H groups in total. The maximum Gasteiger partial charge on any atom is 0.0599 e. The molecule has 1 heterocycles. The first-order chi connectivity index (χ1) is 9.13. The third-order valence-corrected chi connectivity index (χ3v) is 4.37. The summed E-state index contributed by atoms with van der Waals surface area (Å²) < 4.78 is 5.73. The van der Waals surface area contributed by atoms with Crippen molar-refractivity contribution in [3.63, 3.8) is 0 Å². The lowest BCUT2D eigenvalue weighted by Gasteiger charge is -2.39. The zero-order chi connectivity index (χ0) is 14.1. The van der Waals surface area contributed by atoms with E-state index < -0.39 is 0 Å². The van der Waals surface area contributed by atoms with E-state index in [-0.39, 0.29) is 0 Å². The minimum Gasteiger partial charge on any atom is -0.378 e. The molecule has 1 aliphatic rings. The van der Waals surface area contributed by atoms with Gasteiger partial charge in [0.2, 0.25) is 0 Å². The summed E-state index contributed by atoms with van der Waals surface area (Å²) in [6.45, 7) is 15.8. The maximum absolute atomic E-state index is 5.73. The number of nitrogens with one attached hydrogen (secondary N) is 1. The molecule has 1 aliphatic heterocycles. The number of piperidine rings is 1. The molecule has 0 aromatic rings. The number of ether oxygens (including phenoxy) is 1. The van der Waals surface area contributed by atoms with E-state index in [2.05, 4.69) is 37.9 Å². The van der Waals surface area contributed by atoms with E-state index in [4.69, 9.17) is 4.74 Å². The van der Waals surface area contributed by atoms with Gasteiger partial charge in [-0.15, -0.1) is 0 Å². The summed E-state index contributed by atoms with van der Waals surface area (Å²) in [5.41, 5.74) is 0.410. The van der Waals surface area contributed by atoms with E-state index in [1.807, 2.05) is 0 Å². The van der Waals surface area contributed by atoms with Crippen LogP contribution >= 0.6 is 0 Å². The number of hydrogen-bond acceptors (Lipinski definition) is 3. The molecule has 0 aromatic carbocycles. The Morgan fingerprint density at radius 3 is 2.42 bits per heavy atom. The predicted octanol–water partition coefficient (Wildman–Crippen LogP) is 2.90. The highest BCUT2D eigenvalue weighted by molar-refractivity contribution is 4.82. The fourth-order valence-electron chi connectivity index (χ4n) is 2.87. The smallest absolute Gasteiger partial charge is 0.0599 e. The molecule has 1 unspecified atom stereocenters. The van der Waals surface area contributed by atoms with Crippen LogP contribution in [0.15, 0.2) is 0 Å². The average molecular weight is 270 g/mol. The van der Waals surface area contributed by atoms with Crippen molar-refractivity contribution in [2.24, 2.45) is 5.41 Å². The fraction of sp³-hybridized carbons (Fsp3) is 1.00. The summed E-state index contributed by atoms with van der Waals surface area (Å²) in [7, 11) is 0. The van der Waals surface area contributed by atoms with Crippen molar-refractivity contribution in [1.29, 1.82) is 0 Å². The van der Waals surface area contributed by atoms with Crippen molar-refractivity contribution in [1.82, 2.24) is 10.2 Å². The summed E-state index contributed by atoms with van der Waals surface area (Å²) >= 11 is 0. The molecule has 1 rings (SSSR count). The van der Waals surface area contributed by atoms with Gasteiger partial charge in [-0.3, -0.25) is 0 Å². The van der Waals surface area contributed by atoms with Gasteiger partial charge in [0, 0.05) is 32.8 Å². The van der Waals surface area contributed by atoms with Crippen LogP contribution in [0.2, 0.25) is 0 Å². The first kappa shape index (κ1) is 16.9. The Bertz CT molecular complexity index is 227. The number of likely N-dealkylation sites (tertiary alicyclic amines) is 1. The Morgan fingerprint density at radius 1 is 1.21 bits per heavy atom. The van der Waals surface area contributed by atoms with Crippen LogP contribution in [0.4, 0.5) is 0 Å². The zero-order valence-corrected chi connectivity index (χ0v) is 13.5. The molecule has 0 aliphatic carbocycles. The van der Waals surface area contributed by atoms with E-state index in [1.54, 1.807) is 0 Å². The third-order valence-electron chi connectivity index (χ3n) is 4.37. The van der Waals surface area contributed by atoms with Crippen LogP contribution in [0.1, 0.15) is 53.4 Å². The summed E-state index contributed by atoms with van der Waals surface area (Å²) in [6, 6.07) is 0. The van der Waals surface area contributed by atoms with Crippen molar-refractivity contribution in [3.8, 4) is 0 Å². The molecule has 0 radical (unpaired) electrons. The van der Waals surface area contributed by atoms with Gasteiger partial charge in [0.25, 0.3) is 0 Å². The van der Waals surface area contributed by atoms with E-state index in [0.717, 1.165) is 19.7 Å². The molecule has 19 heavy (non-hydrogen) atoms. The van der Waals surface area contributed by atoms with E-state index in [1.165, 1.54) is 45.3 Å². The Balaban J connectivity index is 2.31. The van der Waals surface area contributed by atoms with E-state index in [0.29, 0.717) is 11.5 Å². The van der Waals surface area contributed by atoms with Gasteiger partial charge >= 0.3 is 0 Å². The Morgan fingerprint density at radius 2 is 1.89 bits per heavy atom. The summed E-state index contributed by atoms with van der Waals surface area (Å²) in [5, 5.41) is 3.59. The highest BCUT2D eigenvalue weighted by atomic mass is 16.5. The van der Waals surface area contributed by atoms with Crippen molar-refractivity contribution in [2.45, 2.75) is 59.5 Å². The van der Waals surface area contributed by atoms with Crippen molar-refractivity contribution in [2.75, 3.05) is 39.3 Å². The van der Waals surface area contributed by atoms with Crippen molar-refractivity contribution >= 4 is 0 Å². The van der Waals surface area contributed by atoms with Gasteiger partial charge in [0.15, 0.2) is 0 Å². The minimum absolute atomic E-state index is 0.410. The van der Waals surface area contributed by atoms with Gasteiger partial charge in [-0.1, -0.05) is 20.8 Å². The third kappa shape index (κ3) is 6.24. The van der Waals surface area contributed by atoms with E-state index >= 15 is 0 Å². The van der Waals surface area contributed by atoms with Crippen molar-refractivity contribution in [3.05, 3.63) is 0 Å². The highest BCUT2D eigenvalue weighted by Crippen LogP contribution is 2.24. The van der Waals surface area contributed by atoms with Crippen molar-refractivity contribution < 1.29 is 4.74 Å². The van der Waals surface area contributed by atoms with Crippen LogP contribution in [0.3, 0.4) is 0 Å². The summed E-state index contributed by atoms with van der Waals surface area (Å²) in [4.78, 5) is 2.63. The predicted molar refractivity (Wildman–Crippen MR) is 82.6 cm³/mol. The van der Waals surface area contributed by atoms with Crippen LogP contribution in [-0.2, 0) is 4.74 Å². The number of nitrogens with zero attached hydrogens (tertiary/aromatic N) is 1. The molecule has 0 aromatic heterocycles. The monoisotopic (exact) mass is 270 g/mol. The normalized spacial score (nSPS) is 21.5. The molecule has 1 fully saturated rings. The average Bonchev–Trinajstić information content (AvgIpc) is 2.42. The first-order valence-corrected chi connectivity index (χ1v) is 8.18. The number of rotatable bonds is 9. The van der Waals surface area contributed by atoms with Gasteiger partial charge in [0.1, 0.15) is 0 Å². The Hall–Kier alpha value is -0.120. The van der Waals surface area contributed by atoms with Crippen LogP contribution < -0.4 is 5.32 Å². The van der Waals surface area contributed by atoms with Gasteiger partial charge < -0.3 is 15.0 Å². The zero-order valence-electron chi connectivity index (χ0n) is 13.5. The molecule has 1 atom stereocenters. The maximum atomic E-state index is 5.73.